The highest BCUT2D eigenvalue weighted by Gasteiger charge is 2.25. The van der Waals surface area contributed by atoms with Gasteiger partial charge in [0, 0.05) is 25.3 Å². The zero-order chi connectivity index (χ0) is 14.7. The van der Waals surface area contributed by atoms with E-state index >= 15 is 0 Å². The summed E-state index contributed by atoms with van der Waals surface area (Å²) >= 11 is 0. The van der Waals surface area contributed by atoms with E-state index in [4.69, 9.17) is 10.8 Å². The summed E-state index contributed by atoms with van der Waals surface area (Å²) in [5, 5.41) is 4.70. The monoisotopic (exact) mass is 284 g/mol. The highest BCUT2D eigenvalue weighted by molar-refractivity contribution is 5.30. The van der Waals surface area contributed by atoms with Crippen LogP contribution in [-0.2, 0) is 6.54 Å². The molecule has 2 N–H and O–H groups in total. The predicted molar refractivity (Wildman–Crippen MR) is 85.2 cm³/mol. The third-order valence-corrected chi connectivity index (χ3v) is 4.40. The van der Waals surface area contributed by atoms with Crippen molar-refractivity contribution in [1.29, 1.82) is 0 Å². The minimum Gasteiger partial charge on any atom is -0.329 e. The van der Waals surface area contributed by atoms with Gasteiger partial charge in [0.15, 0.2) is 0 Å². The molecule has 1 aromatic heterocycles. The van der Waals surface area contributed by atoms with Crippen LogP contribution < -0.4 is 5.73 Å². The minimum absolute atomic E-state index is 0.496. The first-order valence-corrected chi connectivity index (χ1v) is 7.80. The first-order valence-electron chi connectivity index (χ1n) is 7.80. The Balaban J connectivity index is 1.69. The molecule has 3 rings (SSSR count). The molecule has 2 heterocycles. The lowest BCUT2D eigenvalue weighted by Crippen LogP contribution is -2.45. The number of para-hydroxylation sites is 1. The van der Waals surface area contributed by atoms with Gasteiger partial charge in [-0.05, 0) is 43.5 Å². The van der Waals surface area contributed by atoms with Gasteiger partial charge < -0.3 is 5.73 Å². The largest absolute Gasteiger partial charge is 0.329 e. The van der Waals surface area contributed by atoms with E-state index in [1.807, 2.05) is 29.1 Å². The Labute approximate surface area is 126 Å². The number of hydrogen-bond acceptors (Lipinski definition) is 3. The Morgan fingerprint density at radius 1 is 1.24 bits per heavy atom. The number of hydrogen-bond donors (Lipinski definition) is 1. The predicted octanol–water partition coefficient (Wildman–Crippen LogP) is 2.43. The normalized spacial score (nSPS) is 23.3. The fraction of sp³-hybridized carbons (Fsp3) is 0.471. The van der Waals surface area contributed by atoms with Gasteiger partial charge in [-0.2, -0.15) is 5.10 Å². The van der Waals surface area contributed by atoms with E-state index in [0.29, 0.717) is 6.04 Å². The topological polar surface area (TPSA) is 47.1 Å². The van der Waals surface area contributed by atoms with Gasteiger partial charge in [-0.3, -0.25) is 4.90 Å². The molecule has 0 radical (unpaired) electrons. The van der Waals surface area contributed by atoms with Crippen molar-refractivity contribution in [3.63, 3.8) is 0 Å². The van der Waals surface area contributed by atoms with Crippen molar-refractivity contribution in [3.05, 3.63) is 48.3 Å². The summed E-state index contributed by atoms with van der Waals surface area (Å²) in [6, 6.07) is 12.8. The Hall–Kier alpha value is -1.65. The van der Waals surface area contributed by atoms with E-state index in [-0.39, 0.29) is 0 Å². The quantitative estimate of drug-likeness (QED) is 0.938. The first kappa shape index (κ1) is 14.3. The molecule has 1 saturated heterocycles. The van der Waals surface area contributed by atoms with E-state index in [0.717, 1.165) is 36.9 Å². The second-order valence-electron chi connectivity index (χ2n) is 6.08. The average Bonchev–Trinajstić information content (AvgIpc) is 2.98. The number of nitrogens with two attached hydrogens (primary N) is 1. The molecule has 112 valence electrons. The number of benzene rings is 1. The second-order valence-corrected chi connectivity index (χ2v) is 6.08. The molecule has 1 fully saturated rings. The van der Waals surface area contributed by atoms with E-state index in [1.54, 1.807) is 0 Å². The molecule has 2 aromatic rings. The fourth-order valence-corrected chi connectivity index (χ4v) is 3.13. The smallest absolute Gasteiger partial charge is 0.0769 e. The number of rotatable bonds is 4. The van der Waals surface area contributed by atoms with Crippen LogP contribution in [0.3, 0.4) is 0 Å². The van der Waals surface area contributed by atoms with Gasteiger partial charge >= 0.3 is 0 Å². The summed E-state index contributed by atoms with van der Waals surface area (Å²) in [5.41, 5.74) is 8.16. The summed E-state index contributed by atoms with van der Waals surface area (Å²) in [5.74, 6) is 0.789. The summed E-state index contributed by atoms with van der Waals surface area (Å²) in [4.78, 5) is 2.48. The maximum absolute atomic E-state index is 5.94. The van der Waals surface area contributed by atoms with E-state index in [1.165, 1.54) is 12.8 Å². The van der Waals surface area contributed by atoms with Crippen LogP contribution in [0.2, 0.25) is 0 Å². The lowest BCUT2D eigenvalue weighted by molar-refractivity contribution is 0.113. The van der Waals surface area contributed by atoms with Crippen LogP contribution in [-0.4, -0.2) is 33.8 Å². The molecule has 4 heteroatoms. The van der Waals surface area contributed by atoms with Gasteiger partial charge in [0.05, 0.1) is 11.4 Å². The summed E-state index contributed by atoms with van der Waals surface area (Å²) in [6.07, 6.45) is 4.50. The lowest BCUT2D eigenvalue weighted by atomic mass is 9.92. The van der Waals surface area contributed by atoms with Crippen molar-refractivity contribution in [2.45, 2.75) is 32.4 Å². The Morgan fingerprint density at radius 3 is 2.81 bits per heavy atom. The molecular formula is C17H24N4. The lowest BCUT2D eigenvalue weighted by Gasteiger charge is -2.37. The summed E-state index contributed by atoms with van der Waals surface area (Å²) < 4.78 is 1.94. The first-order chi connectivity index (χ1) is 10.3. The molecule has 4 nitrogen and oxygen atoms in total. The molecule has 0 spiro atoms. The van der Waals surface area contributed by atoms with Gasteiger partial charge in [-0.15, -0.1) is 0 Å². The van der Waals surface area contributed by atoms with Crippen molar-refractivity contribution < 1.29 is 0 Å². The van der Waals surface area contributed by atoms with Gasteiger partial charge in [0.25, 0.3) is 0 Å². The average molecular weight is 284 g/mol. The van der Waals surface area contributed by atoms with Gasteiger partial charge in [0.1, 0.15) is 0 Å². The second kappa shape index (κ2) is 6.41. The molecular weight excluding hydrogens is 260 g/mol. The maximum atomic E-state index is 5.94. The van der Waals surface area contributed by atoms with Crippen LogP contribution in [0, 0.1) is 5.92 Å². The highest BCUT2D eigenvalue weighted by atomic mass is 15.3. The van der Waals surface area contributed by atoms with Crippen molar-refractivity contribution in [2.75, 3.05) is 13.1 Å². The van der Waals surface area contributed by atoms with Crippen LogP contribution in [0.4, 0.5) is 0 Å². The maximum Gasteiger partial charge on any atom is 0.0769 e. The standard InChI is InChI=1S/C17H24N4/c1-14-7-9-20(17(11-14)12-18)13-15-8-10-21(19-15)16-5-3-2-4-6-16/h2-6,8,10,14,17H,7,9,11-13,18H2,1H3. The molecule has 0 aliphatic carbocycles. The number of nitrogens with zero attached hydrogens (tertiary/aromatic N) is 3. The Bertz CT molecular complexity index is 563. The fourth-order valence-electron chi connectivity index (χ4n) is 3.13. The van der Waals surface area contributed by atoms with Crippen molar-refractivity contribution in [2.24, 2.45) is 11.7 Å². The molecule has 0 amide bonds. The zero-order valence-corrected chi connectivity index (χ0v) is 12.7. The van der Waals surface area contributed by atoms with Crippen molar-refractivity contribution in [3.8, 4) is 5.69 Å². The summed E-state index contributed by atoms with van der Waals surface area (Å²) in [6.45, 7) is 5.09. The van der Waals surface area contributed by atoms with Crippen molar-refractivity contribution in [1.82, 2.24) is 14.7 Å². The van der Waals surface area contributed by atoms with Gasteiger partial charge in [-0.1, -0.05) is 25.1 Å². The number of likely N-dealkylation sites (tertiary alicyclic amines) is 1. The van der Waals surface area contributed by atoms with E-state index in [2.05, 4.69) is 30.0 Å². The summed E-state index contributed by atoms with van der Waals surface area (Å²) in [7, 11) is 0. The molecule has 1 aliphatic heterocycles. The third kappa shape index (κ3) is 3.34. The molecule has 0 saturated carbocycles. The third-order valence-electron chi connectivity index (χ3n) is 4.40. The molecule has 2 atom stereocenters. The van der Waals surface area contributed by atoms with Crippen molar-refractivity contribution >= 4 is 0 Å². The molecule has 2 unspecified atom stereocenters. The molecule has 1 aromatic carbocycles. The van der Waals surface area contributed by atoms with Crippen LogP contribution >= 0.6 is 0 Å². The highest BCUT2D eigenvalue weighted by Crippen LogP contribution is 2.23. The van der Waals surface area contributed by atoms with Gasteiger partial charge in [-0.25, -0.2) is 4.68 Å². The zero-order valence-electron chi connectivity index (χ0n) is 12.7. The Kier molecular flexibility index (Phi) is 4.36. The Morgan fingerprint density at radius 2 is 2.05 bits per heavy atom. The SMILES string of the molecule is CC1CCN(Cc2ccn(-c3ccccc3)n2)C(CN)C1. The van der Waals surface area contributed by atoms with E-state index in [9.17, 15) is 0 Å². The number of piperidine rings is 1. The van der Waals surface area contributed by atoms with Crippen LogP contribution in [0.15, 0.2) is 42.6 Å². The van der Waals surface area contributed by atoms with Crippen LogP contribution in [0.5, 0.6) is 0 Å². The van der Waals surface area contributed by atoms with E-state index < -0.39 is 0 Å². The minimum atomic E-state index is 0.496. The van der Waals surface area contributed by atoms with Gasteiger partial charge in [0.2, 0.25) is 0 Å². The molecule has 0 bridgehead atoms. The molecule has 21 heavy (non-hydrogen) atoms. The van der Waals surface area contributed by atoms with Crippen LogP contribution in [0.1, 0.15) is 25.5 Å². The van der Waals surface area contributed by atoms with Crippen LogP contribution in [0.25, 0.3) is 5.69 Å². The molecule has 1 aliphatic rings. The number of aromatic nitrogens is 2.